The standard InChI is InChI=1S/C10H12Br2N2O/c11-8-5-13-10(12)4-9(8)14-3-1-2-7(15)6-14/h4-5,7,15H,1-3,6H2. The number of hydrogen-bond donors (Lipinski definition) is 1. The van der Waals surface area contributed by atoms with Crippen LogP contribution in [0.3, 0.4) is 0 Å². The highest BCUT2D eigenvalue weighted by atomic mass is 79.9. The number of aliphatic hydroxyl groups is 1. The van der Waals surface area contributed by atoms with Gasteiger partial charge in [-0.1, -0.05) is 0 Å². The van der Waals surface area contributed by atoms with Crippen LogP contribution < -0.4 is 4.90 Å². The van der Waals surface area contributed by atoms with Crippen molar-refractivity contribution >= 4 is 37.5 Å². The van der Waals surface area contributed by atoms with Gasteiger partial charge in [-0.15, -0.1) is 0 Å². The number of halogens is 2. The van der Waals surface area contributed by atoms with Crippen LogP contribution in [0.2, 0.25) is 0 Å². The van der Waals surface area contributed by atoms with Gasteiger partial charge >= 0.3 is 0 Å². The van der Waals surface area contributed by atoms with Gasteiger partial charge in [0.15, 0.2) is 0 Å². The van der Waals surface area contributed by atoms with Crippen LogP contribution in [0, 0.1) is 0 Å². The summed E-state index contributed by atoms with van der Waals surface area (Å²) < 4.78 is 1.79. The molecule has 0 radical (unpaired) electrons. The summed E-state index contributed by atoms with van der Waals surface area (Å²) in [6, 6.07) is 1.97. The minimum atomic E-state index is -0.211. The minimum absolute atomic E-state index is 0.211. The third-order valence-electron chi connectivity index (χ3n) is 2.54. The van der Waals surface area contributed by atoms with Crippen LogP contribution in [0.5, 0.6) is 0 Å². The largest absolute Gasteiger partial charge is 0.391 e. The quantitative estimate of drug-likeness (QED) is 0.801. The molecule has 5 heteroatoms. The van der Waals surface area contributed by atoms with E-state index in [0.29, 0.717) is 6.54 Å². The van der Waals surface area contributed by atoms with Gasteiger partial charge in [-0.25, -0.2) is 4.98 Å². The number of piperidine rings is 1. The van der Waals surface area contributed by atoms with Crippen LogP contribution in [0.15, 0.2) is 21.3 Å². The minimum Gasteiger partial charge on any atom is -0.391 e. The molecule has 2 heterocycles. The number of pyridine rings is 1. The molecule has 0 bridgehead atoms. The Kier molecular flexibility index (Phi) is 3.64. The Hall–Kier alpha value is -0.130. The summed E-state index contributed by atoms with van der Waals surface area (Å²) in [6.07, 6.45) is 3.51. The molecule has 82 valence electrons. The molecule has 1 aliphatic rings. The fourth-order valence-electron chi connectivity index (χ4n) is 1.82. The molecule has 3 nitrogen and oxygen atoms in total. The highest BCUT2D eigenvalue weighted by molar-refractivity contribution is 9.11. The lowest BCUT2D eigenvalue weighted by Crippen LogP contribution is -2.38. The van der Waals surface area contributed by atoms with Crippen molar-refractivity contribution in [2.45, 2.75) is 18.9 Å². The van der Waals surface area contributed by atoms with Gasteiger partial charge in [-0.2, -0.15) is 0 Å². The third kappa shape index (κ3) is 2.71. The number of rotatable bonds is 1. The summed E-state index contributed by atoms with van der Waals surface area (Å²) in [5.41, 5.74) is 1.09. The molecule has 0 amide bonds. The van der Waals surface area contributed by atoms with Gasteiger partial charge in [0.25, 0.3) is 0 Å². The van der Waals surface area contributed by atoms with Gasteiger partial charge in [-0.3, -0.25) is 0 Å². The van der Waals surface area contributed by atoms with Crippen LogP contribution in [0.1, 0.15) is 12.8 Å². The lowest BCUT2D eigenvalue weighted by atomic mass is 10.1. The van der Waals surface area contributed by atoms with Gasteiger partial charge < -0.3 is 10.0 Å². The molecule has 15 heavy (non-hydrogen) atoms. The number of nitrogens with zero attached hydrogens (tertiary/aromatic N) is 2. The lowest BCUT2D eigenvalue weighted by molar-refractivity contribution is 0.154. The van der Waals surface area contributed by atoms with Gasteiger partial charge in [0, 0.05) is 19.3 Å². The number of aliphatic hydroxyl groups excluding tert-OH is 1. The molecule has 1 N–H and O–H groups in total. The van der Waals surface area contributed by atoms with Crippen LogP contribution in [0.4, 0.5) is 5.69 Å². The summed E-state index contributed by atoms with van der Waals surface area (Å²) >= 11 is 6.84. The van der Waals surface area contributed by atoms with E-state index in [9.17, 15) is 5.11 Å². The summed E-state index contributed by atoms with van der Waals surface area (Å²) in [7, 11) is 0. The molecule has 1 fully saturated rings. The number of aromatic nitrogens is 1. The molecule has 1 unspecified atom stereocenters. The zero-order chi connectivity index (χ0) is 10.8. The van der Waals surface area contributed by atoms with Crippen molar-refractivity contribution in [3.8, 4) is 0 Å². The third-order valence-corrected chi connectivity index (χ3v) is 3.58. The molecule has 0 spiro atoms. The Morgan fingerprint density at radius 1 is 1.47 bits per heavy atom. The first-order valence-corrected chi connectivity index (χ1v) is 6.49. The maximum atomic E-state index is 9.62. The zero-order valence-electron chi connectivity index (χ0n) is 8.16. The maximum Gasteiger partial charge on any atom is 0.108 e. The summed E-state index contributed by atoms with van der Waals surface area (Å²) in [5, 5.41) is 9.62. The van der Waals surface area contributed by atoms with Crippen molar-refractivity contribution < 1.29 is 5.11 Å². The van der Waals surface area contributed by atoms with E-state index < -0.39 is 0 Å². The summed E-state index contributed by atoms with van der Waals surface area (Å²) in [4.78, 5) is 6.32. The van der Waals surface area contributed by atoms with E-state index in [1.807, 2.05) is 6.07 Å². The first kappa shape index (κ1) is 11.4. The van der Waals surface area contributed by atoms with Crippen molar-refractivity contribution in [3.63, 3.8) is 0 Å². The Labute approximate surface area is 106 Å². The Balaban J connectivity index is 2.24. The molecule has 1 atom stereocenters. The molecular formula is C10H12Br2N2O. The molecule has 2 rings (SSSR count). The maximum absolute atomic E-state index is 9.62. The molecule has 1 saturated heterocycles. The average molecular weight is 336 g/mol. The van der Waals surface area contributed by atoms with Crippen LogP contribution >= 0.6 is 31.9 Å². The van der Waals surface area contributed by atoms with E-state index in [0.717, 1.165) is 34.1 Å². The zero-order valence-corrected chi connectivity index (χ0v) is 11.3. The number of anilines is 1. The van der Waals surface area contributed by atoms with Gasteiger partial charge in [0.05, 0.1) is 16.3 Å². The van der Waals surface area contributed by atoms with E-state index in [1.54, 1.807) is 6.20 Å². The van der Waals surface area contributed by atoms with E-state index in [4.69, 9.17) is 0 Å². The molecule has 1 aromatic rings. The molecular weight excluding hydrogens is 324 g/mol. The highest BCUT2D eigenvalue weighted by Crippen LogP contribution is 2.29. The van der Waals surface area contributed by atoms with Gasteiger partial charge in [0.2, 0.25) is 0 Å². The van der Waals surface area contributed by atoms with Crippen molar-refractivity contribution in [3.05, 3.63) is 21.3 Å². The highest BCUT2D eigenvalue weighted by Gasteiger charge is 2.19. The smallest absolute Gasteiger partial charge is 0.108 e. The van der Waals surface area contributed by atoms with E-state index >= 15 is 0 Å². The predicted molar refractivity (Wildman–Crippen MR) is 67.1 cm³/mol. The van der Waals surface area contributed by atoms with Crippen molar-refractivity contribution in [1.29, 1.82) is 0 Å². The molecule has 0 saturated carbocycles. The first-order valence-electron chi connectivity index (χ1n) is 4.91. The number of β-amino-alcohol motifs (C(OH)–C–C–N with tert-alkyl or cyclic N) is 1. The fraction of sp³-hybridized carbons (Fsp3) is 0.500. The normalized spacial score (nSPS) is 21.8. The van der Waals surface area contributed by atoms with Gasteiger partial charge in [0.1, 0.15) is 4.60 Å². The van der Waals surface area contributed by atoms with Crippen LogP contribution in [-0.4, -0.2) is 29.3 Å². The van der Waals surface area contributed by atoms with Crippen molar-refractivity contribution in [2.24, 2.45) is 0 Å². The average Bonchev–Trinajstić information content (AvgIpc) is 2.22. The van der Waals surface area contributed by atoms with Crippen molar-refractivity contribution in [1.82, 2.24) is 4.98 Å². The summed E-state index contributed by atoms with van der Waals surface area (Å²) in [6.45, 7) is 1.70. The second kappa shape index (κ2) is 4.80. The van der Waals surface area contributed by atoms with E-state index in [1.165, 1.54) is 0 Å². The van der Waals surface area contributed by atoms with E-state index in [2.05, 4.69) is 41.7 Å². The first-order chi connectivity index (χ1) is 7.16. The van der Waals surface area contributed by atoms with Crippen LogP contribution in [0.25, 0.3) is 0 Å². The SMILES string of the molecule is OC1CCCN(c2cc(Br)ncc2Br)C1. The molecule has 1 aliphatic heterocycles. The Morgan fingerprint density at radius 3 is 3.00 bits per heavy atom. The van der Waals surface area contributed by atoms with Crippen LogP contribution in [-0.2, 0) is 0 Å². The van der Waals surface area contributed by atoms with Crippen molar-refractivity contribution in [2.75, 3.05) is 18.0 Å². The predicted octanol–water partition coefficient (Wildman–Crippen LogP) is 2.57. The Bertz CT molecular complexity index is 359. The topological polar surface area (TPSA) is 36.4 Å². The molecule has 0 aliphatic carbocycles. The number of hydrogen-bond acceptors (Lipinski definition) is 3. The second-order valence-corrected chi connectivity index (χ2v) is 5.37. The second-order valence-electron chi connectivity index (χ2n) is 3.70. The lowest BCUT2D eigenvalue weighted by Gasteiger charge is -2.32. The van der Waals surface area contributed by atoms with E-state index in [-0.39, 0.29) is 6.10 Å². The monoisotopic (exact) mass is 334 g/mol. The fourth-order valence-corrected chi connectivity index (χ4v) is 2.61. The molecule has 0 aromatic carbocycles. The molecule has 1 aromatic heterocycles. The summed E-state index contributed by atoms with van der Waals surface area (Å²) in [5.74, 6) is 0. The van der Waals surface area contributed by atoms with Gasteiger partial charge in [-0.05, 0) is 50.8 Å². The Morgan fingerprint density at radius 2 is 2.27 bits per heavy atom.